The van der Waals surface area contributed by atoms with Crippen molar-refractivity contribution in [3.63, 3.8) is 0 Å². The molecule has 9 heteroatoms. The number of nitrogens with zero attached hydrogens (tertiary/aromatic N) is 3. The molecular formula is C18H21F2N3O4. The first-order valence-electron chi connectivity index (χ1n) is 8.75. The van der Waals surface area contributed by atoms with Gasteiger partial charge in [0.2, 0.25) is 0 Å². The lowest BCUT2D eigenvalue weighted by Gasteiger charge is -2.47. The van der Waals surface area contributed by atoms with Crippen LogP contribution >= 0.6 is 0 Å². The molecule has 2 saturated heterocycles. The van der Waals surface area contributed by atoms with Crippen LogP contribution in [-0.2, 0) is 14.2 Å². The molecule has 146 valence electrons. The van der Waals surface area contributed by atoms with Crippen LogP contribution in [0.4, 0.5) is 8.78 Å². The maximum Gasteiger partial charge on any atom is 0.168 e. The fourth-order valence-corrected chi connectivity index (χ4v) is 3.50. The van der Waals surface area contributed by atoms with E-state index in [-0.39, 0.29) is 29.5 Å². The number of hydrogen-bond donors (Lipinski definition) is 1. The van der Waals surface area contributed by atoms with Gasteiger partial charge in [-0.3, -0.25) is 0 Å². The van der Waals surface area contributed by atoms with Crippen LogP contribution in [0.1, 0.15) is 25.5 Å². The Morgan fingerprint density at radius 2 is 2.00 bits per heavy atom. The van der Waals surface area contributed by atoms with E-state index < -0.39 is 35.7 Å². The Morgan fingerprint density at radius 3 is 2.78 bits per heavy atom. The van der Waals surface area contributed by atoms with E-state index in [9.17, 15) is 13.9 Å². The third-order valence-corrected chi connectivity index (χ3v) is 4.96. The number of aliphatic hydroxyl groups is 1. The van der Waals surface area contributed by atoms with Crippen LogP contribution in [0.5, 0.6) is 0 Å². The predicted octanol–water partition coefficient (Wildman–Crippen LogP) is 1.98. The molecule has 1 aromatic carbocycles. The van der Waals surface area contributed by atoms with Gasteiger partial charge in [0.1, 0.15) is 30.0 Å². The van der Waals surface area contributed by atoms with Gasteiger partial charge in [-0.25, -0.2) is 13.5 Å². The van der Waals surface area contributed by atoms with Gasteiger partial charge in [0.15, 0.2) is 17.4 Å². The maximum absolute atomic E-state index is 14.3. The van der Waals surface area contributed by atoms with Crippen LogP contribution in [0.2, 0.25) is 0 Å². The van der Waals surface area contributed by atoms with Gasteiger partial charge in [0, 0.05) is 5.56 Å². The van der Waals surface area contributed by atoms with E-state index in [1.54, 1.807) is 13.8 Å². The molecule has 4 rings (SSSR count). The highest BCUT2D eigenvalue weighted by Crippen LogP contribution is 2.36. The van der Waals surface area contributed by atoms with Crippen molar-refractivity contribution in [1.29, 1.82) is 0 Å². The van der Waals surface area contributed by atoms with Gasteiger partial charge in [-0.05, 0) is 32.4 Å². The number of hydrogen-bond acceptors (Lipinski definition) is 6. The summed E-state index contributed by atoms with van der Waals surface area (Å²) in [6.45, 7) is 5.45. The number of fused-ring (bicyclic) bond motifs is 1. The molecule has 27 heavy (non-hydrogen) atoms. The summed E-state index contributed by atoms with van der Waals surface area (Å²) < 4.78 is 46.8. The zero-order chi connectivity index (χ0) is 19.3. The normalized spacial score (nSPS) is 30.1. The molecule has 4 unspecified atom stereocenters. The lowest BCUT2D eigenvalue weighted by Crippen LogP contribution is -2.59. The van der Waals surface area contributed by atoms with Gasteiger partial charge in [0.25, 0.3) is 0 Å². The SMILES string of the molecule is Cc1ccc(-c2cn(C3C(O)COC4COC(C)(C)OC43)nn2)c(F)c1F. The molecule has 0 amide bonds. The van der Waals surface area contributed by atoms with E-state index in [2.05, 4.69) is 10.3 Å². The molecule has 2 aliphatic heterocycles. The molecule has 0 bridgehead atoms. The topological polar surface area (TPSA) is 78.6 Å². The van der Waals surface area contributed by atoms with Crippen LogP contribution in [0, 0.1) is 18.6 Å². The zero-order valence-electron chi connectivity index (χ0n) is 15.2. The van der Waals surface area contributed by atoms with Crippen molar-refractivity contribution < 1.29 is 28.1 Å². The molecular weight excluding hydrogens is 360 g/mol. The third kappa shape index (κ3) is 3.25. The van der Waals surface area contributed by atoms with Crippen molar-refractivity contribution >= 4 is 0 Å². The predicted molar refractivity (Wildman–Crippen MR) is 89.8 cm³/mol. The molecule has 0 spiro atoms. The minimum Gasteiger partial charge on any atom is -0.388 e. The second-order valence-electron chi connectivity index (χ2n) is 7.36. The van der Waals surface area contributed by atoms with Crippen molar-refractivity contribution in [2.24, 2.45) is 0 Å². The Balaban J connectivity index is 1.68. The van der Waals surface area contributed by atoms with Crippen LogP contribution in [0.25, 0.3) is 11.3 Å². The van der Waals surface area contributed by atoms with Gasteiger partial charge in [-0.2, -0.15) is 0 Å². The van der Waals surface area contributed by atoms with Crippen LogP contribution in [0.3, 0.4) is 0 Å². The first-order valence-corrected chi connectivity index (χ1v) is 8.75. The summed E-state index contributed by atoms with van der Waals surface area (Å²) >= 11 is 0. The Morgan fingerprint density at radius 1 is 1.22 bits per heavy atom. The first kappa shape index (κ1) is 18.4. The fraction of sp³-hybridized carbons (Fsp3) is 0.556. The van der Waals surface area contributed by atoms with Crippen molar-refractivity contribution in [3.8, 4) is 11.3 Å². The first-order chi connectivity index (χ1) is 12.8. The number of halogens is 2. The molecule has 1 N–H and O–H groups in total. The highest BCUT2D eigenvalue weighted by molar-refractivity contribution is 5.59. The molecule has 7 nitrogen and oxygen atoms in total. The Labute approximate surface area is 154 Å². The van der Waals surface area contributed by atoms with Crippen LogP contribution in [-0.4, -0.2) is 57.4 Å². The maximum atomic E-state index is 14.3. The minimum absolute atomic E-state index is 0.00988. The molecule has 0 aliphatic carbocycles. The van der Waals surface area contributed by atoms with Gasteiger partial charge >= 0.3 is 0 Å². The van der Waals surface area contributed by atoms with E-state index >= 15 is 0 Å². The molecule has 2 aliphatic rings. The lowest BCUT2D eigenvalue weighted by atomic mass is 9.96. The number of benzene rings is 1. The van der Waals surface area contributed by atoms with E-state index in [1.165, 1.54) is 29.9 Å². The molecule has 3 heterocycles. The Bertz CT molecular complexity index is 857. The average Bonchev–Trinajstić information content (AvgIpc) is 3.08. The molecule has 4 atom stereocenters. The highest BCUT2D eigenvalue weighted by Gasteiger charge is 2.48. The van der Waals surface area contributed by atoms with E-state index in [4.69, 9.17) is 14.2 Å². The quantitative estimate of drug-likeness (QED) is 0.857. The Kier molecular flexibility index (Phi) is 4.50. The standard InChI is InChI=1S/C18H21F2N3O4/c1-9-4-5-10(15(20)14(9)19)11-6-23(22-21-11)16-12(24)7-25-13-8-26-18(2,3)27-17(13)16/h4-6,12-13,16-17,24H,7-8H2,1-3H3. The lowest BCUT2D eigenvalue weighted by molar-refractivity contribution is -0.337. The van der Waals surface area contributed by atoms with Crippen molar-refractivity contribution in [3.05, 3.63) is 35.5 Å². The molecule has 0 radical (unpaired) electrons. The zero-order valence-corrected chi connectivity index (χ0v) is 15.2. The van der Waals surface area contributed by atoms with Gasteiger partial charge in [-0.15, -0.1) is 5.10 Å². The third-order valence-electron chi connectivity index (χ3n) is 4.96. The van der Waals surface area contributed by atoms with Gasteiger partial charge < -0.3 is 19.3 Å². The number of aryl methyl sites for hydroxylation is 1. The molecule has 2 fully saturated rings. The minimum atomic E-state index is -0.976. The smallest absolute Gasteiger partial charge is 0.168 e. The number of aliphatic hydroxyl groups excluding tert-OH is 1. The van der Waals surface area contributed by atoms with Crippen LogP contribution < -0.4 is 0 Å². The van der Waals surface area contributed by atoms with Crippen molar-refractivity contribution in [2.75, 3.05) is 13.2 Å². The Hall–Kier alpha value is -1.94. The van der Waals surface area contributed by atoms with Crippen LogP contribution in [0.15, 0.2) is 18.3 Å². The molecule has 0 saturated carbocycles. The summed E-state index contributed by atoms with van der Waals surface area (Å²) in [5.74, 6) is -2.73. The van der Waals surface area contributed by atoms with E-state index in [0.29, 0.717) is 6.61 Å². The second-order valence-corrected chi connectivity index (χ2v) is 7.36. The summed E-state index contributed by atoms with van der Waals surface area (Å²) in [6, 6.07) is 2.35. The average molecular weight is 381 g/mol. The summed E-state index contributed by atoms with van der Waals surface area (Å²) in [5.41, 5.74) is 0.396. The summed E-state index contributed by atoms with van der Waals surface area (Å²) in [5, 5.41) is 18.5. The molecule has 2 aromatic rings. The highest BCUT2D eigenvalue weighted by atomic mass is 19.2. The number of ether oxygens (including phenoxy) is 3. The van der Waals surface area contributed by atoms with Gasteiger partial charge in [-0.1, -0.05) is 11.3 Å². The summed E-state index contributed by atoms with van der Waals surface area (Å²) in [7, 11) is 0. The summed E-state index contributed by atoms with van der Waals surface area (Å²) in [4.78, 5) is 0. The monoisotopic (exact) mass is 381 g/mol. The number of aromatic nitrogens is 3. The second kappa shape index (κ2) is 6.59. The van der Waals surface area contributed by atoms with Gasteiger partial charge in [0.05, 0.1) is 19.4 Å². The number of rotatable bonds is 2. The fourth-order valence-electron chi connectivity index (χ4n) is 3.50. The van der Waals surface area contributed by atoms with E-state index in [0.717, 1.165) is 0 Å². The van der Waals surface area contributed by atoms with E-state index in [1.807, 2.05) is 0 Å². The summed E-state index contributed by atoms with van der Waals surface area (Å²) in [6.07, 6.45) is -0.302. The largest absolute Gasteiger partial charge is 0.388 e. The van der Waals surface area contributed by atoms with Crippen molar-refractivity contribution in [1.82, 2.24) is 15.0 Å². The van der Waals surface area contributed by atoms with Crippen molar-refractivity contribution in [2.45, 2.75) is 50.9 Å². The molecule has 1 aromatic heterocycles.